The number of benzene rings is 3. The smallest absolute Gasteiger partial charge is 0.410 e. The quantitative estimate of drug-likeness (QED) is 0.451. The van der Waals surface area contributed by atoms with Crippen molar-refractivity contribution in [3.63, 3.8) is 0 Å². The van der Waals surface area contributed by atoms with Crippen molar-refractivity contribution in [2.75, 3.05) is 20.3 Å². The maximum Gasteiger partial charge on any atom is 0.410 e. The number of carbonyl (C=O) groups excluding carboxylic acids is 1. The zero-order valence-corrected chi connectivity index (χ0v) is 19.0. The van der Waals surface area contributed by atoms with Crippen LogP contribution in [0.2, 0.25) is 0 Å². The molecule has 0 radical (unpaired) electrons. The second-order valence-electron chi connectivity index (χ2n) is 8.22. The Hall–Kier alpha value is -4.06. The summed E-state index contributed by atoms with van der Waals surface area (Å²) in [6, 6.07) is 22.2. The molecule has 1 amide bonds. The number of likely N-dealkylation sites (N-methyl/N-ethyl adjacent to an activating group) is 1. The lowest BCUT2D eigenvalue weighted by Crippen LogP contribution is -2.44. The van der Waals surface area contributed by atoms with E-state index in [1.54, 1.807) is 30.3 Å². The van der Waals surface area contributed by atoms with Gasteiger partial charge in [-0.2, -0.15) is 0 Å². The molecule has 1 aliphatic carbocycles. The summed E-state index contributed by atoms with van der Waals surface area (Å²) in [5.41, 5.74) is 5.25. The first-order chi connectivity index (χ1) is 16.5. The molecule has 6 nitrogen and oxygen atoms in total. The molecule has 1 aliphatic rings. The second kappa shape index (κ2) is 10.3. The third kappa shape index (κ3) is 4.81. The van der Waals surface area contributed by atoms with Crippen LogP contribution in [0.3, 0.4) is 0 Å². The maximum absolute atomic E-state index is 12.8. The Labute approximate surface area is 199 Å². The molecule has 1 atom stereocenters. The van der Waals surface area contributed by atoms with E-state index in [0.717, 1.165) is 32.7 Å². The average Bonchev–Trinajstić information content (AvgIpc) is 3.18. The molecule has 0 saturated carbocycles. The van der Waals surface area contributed by atoms with Gasteiger partial charge in [0.2, 0.25) is 0 Å². The molecule has 4 rings (SSSR count). The minimum atomic E-state index is -1.09. The molecule has 0 heterocycles. The molecule has 3 aromatic carbocycles. The number of rotatable bonds is 9. The number of hydrogen-bond donors (Lipinski definition) is 1. The number of fused-ring (bicyclic) bond motifs is 3. The van der Waals surface area contributed by atoms with Gasteiger partial charge in [-0.1, -0.05) is 73.3 Å². The van der Waals surface area contributed by atoms with Gasteiger partial charge in [-0.05, 0) is 39.9 Å². The molecule has 1 N–H and O–H groups in total. The van der Waals surface area contributed by atoms with E-state index in [-0.39, 0.29) is 18.9 Å². The molecule has 3 aromatic rings. The summed E-state index contributed by atoms with van der Waals surface area (Å²) in [5.74, 6) is -0.514. The molecule has 1 unspecified atom stereocenters. The van der Waals surface area contributed by atoms with Crippen LogP contribution in [0, 0.1) is 0 Å². The lowest BCUT2D eigenvalue weighted by molar-refractivity contribution is -0.142. The fraction of sp³-hybridized carbons (Fsp3) is 0.214. The van der Waals surface area contributed by atoms with E-state index < -0.39 is 18.1 Å². The lowest BCUT2D eigenvalue weighted by Gasteiger charge is -2.25. The second-order valence-corrected chi connectivity index (χ2v) is 8.22. The van der Waals surface area contributed by atoms with Crippen LogP contribution in [0.15, 0.2) is 85.5 Å². The van der Waals surface area contributed by atoms with Crippen LogP contribution in [0.4, 0.5) is 4.79 Å². The van der Waals surface area contributed by atoms with E-state index in [9.17, 15) is 14.7 Å². The van der Waals surface area contributed by atoms with Gasteiger partial charge in [0.05, 0.1) is 0 Å². The van der Waals surface area contributed by atoms with Gasteiger partial charge >= 0.3 is 12.1 Å². The van der Waals surface area contributed by atoms with Crippen LogP contribution in [0.5, 0.6) is 5.75 Å². The van der Waals surface area contributed by atoms with E-state index >= 15 is 0 Å². The monoisotopic (exact) mass is 457 g/mol. The van der Waals surface area contributed by atoms with Crippen LogP contribution < -0.4 is 4.74 Å². The number of carboxylic acids is 1. The van der Waals surface area contributed by atoms with E-state index in [4.69, 9.17) is 9.47 Å². The van der Waals surface area contributed by atoms with Gasteiger partial charge in [0.15, 0.2) is 0 Å². The van der Waals surface area contributed by atoms with Crippen molar-refractivity contribution in [3.8, 4) is 16.9 Å². The number of amides is 1. The highest BCUT2D eigenvalue weighted by molar-refractivity contribution is 5.81. The summed E-state index contributed by atoms with van der Waals surface area (Å²) in [6.45, 7) is 4.14. The zero-order chi connectivity index (χ0) is 24.1. The molecule has 34 heavy (non-hydrogen) atoms. The number of carboxylic acid groups (broad SMARTS) is 1. The standard InChI is InChI=1S/C28H27NO5/c1-3-16-33-20-14-12-19(13-15-20)17-26(27(30)31)29(2)28(32)34-18-25-23-10-6-4-8-21(23)22-9-5-7-11-24(22)25/h3-15,25-26H,1,16-18H2,2H3,(H,30,31). The lowest BCUT2D eigenvalue weighted by atomic mass is 9.98. The van der Waals surface area contributed by atoms with Crippen LogP contribution in [-0.2, 0) is 16.0 Å². The van der Waals surface area contributed by atoms with Gasteiger partial charge in [-0.3, -0.25) is 4.90 Å². The fourth-order valence-corrected chi connectivity index (χ4v) is 4.31. The summed E-state index contributed by atoms with van der Waals surface area (Å²) in [6.07, 6.45) is 1.13. The van der Waals surface area contributed by atoms with E-state index in [2.05, 4.69) is 18.7 Å². The molecule has 0 bridgehead atoms. The highest BCUT2D eigenvalue weighted by Crippen LogP contribution is 2.44. The topological polar surface area (TPSA) is 76.1 Å². The highest BCUT2D eigenvalue weighted by atomic mass is 16.6. The first-order valence-electron chi connectivity index (χ1n) is 11.1. The molecular formula is C28H27NO5. The van der Waals surface area contributed by atoms with E-state index in [1.165, 1.54) is 7.05 Å². The predicted octanol–water partition coefficient (Wildman–Crippen LogP) is 5.13. The van der Waals surface area contributed by atoms with Crippen molar-refractivity contribution < 1.29 is 24.2 Å². The zero-order valence-electron chi connectivity index (χ0n) is 19.0. The maximum atomic E-state index is 12.8. The first-order valence-corrected chi connectivity index (χ1v) is 11.1. The molecule has 0 spiro atoms. The Morgan fingerprint density at radius 3 is 2.15 bits per heavy atom. The number of carbonyl (C=O) groups is 2. The van der Waals surface area contributed by atoms with Crippen molar-refractivity contribution in [2.24, 2.45) is 0 Å². The average molecular weight is 458 g/mol. The van der Waals surface area contributed by atoms with Crippen molar-refractivity contribution in [3.05, 3.63) is 102 Å². The Kier molecular flexibility index (Phi) is 6.97. The van der Waals surface area contributed by atoms with Crippen molar-refractivity contribution in [1.82, 2.24) is 4.90 Å². The molecule has 0 fully saturated rings. The van der Waals surface area contributed by atoms with Gasteiger partial charge in [-0.25, -0.2) is 9.59 Å². The largest absolute Gasteiger partial charge is 0.490 e. The first kappa shape index (κ1) is 23.1. The molecule has 174 valence electrons. The summed E-state index contributed by atoms with van der Waals surface area (Å²) in [4.78, 5) is 26.0. The van der Waals surface area contributed by atoms with Crippen LogP contribution in [-0.4, -0.2) is 48.4 Å². The van der Waals surface area contributed by atoms with Crippen molar-refractivity contribution >= 4 is 12.1 Å². The van der Waals surface area contributed by atoms with Gasteiger partial charge in [0, 0.05) is 19.4 Å². The van der Waals surface area contributed by atoms with E-state index in [0.29, 0.717) is 12.4 Å². The predicted molar refractivity (Wildman–Crippen MR) is 130 cm³/mol. The minimum Gasteiger partial charge on any atom is -0.490 e. The van der Waals surface area contributed by atoms with Gasteiger partial charge in [-0.15, -0.1) is 0 Å². The van der Waals surface area contributed by atoms with Crippen LogP contribution in [0.25, 0.3) is 11.1 Å². The summed E-state index contributed by atoms with van der Waals surface area (Å²) >= 11 is 0. The van der Waals surface area contributed by atoms with Gasteiger partial charge in [0.1, 0.15) is 25.0 Å². The van der Waals surface area contributed by atoms with Crippen molar-refractivity contribution in [1.29, 1.82) is 0 Å². The Morgan fingerprint density at radius 1 is 1.00 bits per heavy atom. The van der Waals surface area contributed by atoms with Gasteiger partial charge in [0.25, 0.3) is 0 Å². The molecule has 0 aliphatic heterocycles. The Bertz CT molecular complexity index is 1140. The van der Waals surface area contributed by atoms with Crippen LogP contribution >= 0.6 is 0 Å². The summed E-state index contributed by atoms with van der Waals surface area (Å²) in [5, 5.41) is 9.78. The summed E-state index contributed by atoms with van der Waals surface area (Å²) in [7, 11) is 1.46. The number of ether oxygens (including phenoxy) is 2. The molecular weight excluding hydrogens is 430 g/mol. The molecule has 0 saturated heterocycles. The number of aliphatic carboxylic acids is 1. The fourth-order valence-electron chi connectivity index (χ4n) is 4.31. The summed E-state index contributed by atoms with van der Waals surface area (Å²) < 4.78 is 11.1. The minimum absolute atomic E-state index is 0.0869. The van der Waals surface area contributed by atoms with E-state index in [1.807, 2.05) is 36.4 Å². The Morgan fingerprint density at radius 2 is 1.59 bits per heavy atom. The third-order valence-electron chi connectivity index (χ3n) is 6.10. The van der Waals surface area contributed by atoms with Gasteiger partial charge < -0.3 is 14.6 Å². The SMILES string of the molecule is C=CCOc1ccc(CC(C(=O)O)N(C)C(=O)OCC2c3ccccc3-c3ccccc32)cc1. The highest BCUT2D eigenvalue weighted by Gasteiger charge is 2.32. The third-order valence-corrected chi connectivity index (χ3v) is 6.10. The molecule has 6 heteroatoms. The van der Waals surface area contributed by atoms with Crippen LogP contribution in [0.1, 0.15) is 22.6 Å². The Balaban J connectivity index is 1.43. The van der Waals surface area contributed by atoms with Crippen molar-refractivity contribution in [2.45, 2.75) is 18.4 Å². The number of nitrogens with zero attached hydrogens (tertiary/aromatic N) is 1. The number of hydrogen-bond acceptors (Lipinski definition) is 4. The normalized spacial score (nSPS) is 12.9. The molecule has 0 aromatic heterocycles.